The lowest BCUT2D eigenvalue weighted by Gasteiger charge is -2.46. The van der Waals surface area contributed by atoms with Gasteiger partial charge in [-0.3, -0.25) is 9.69 Å². The Hall–Kier alpha value is -3.68. The molecule has 0 amide bonds. The number of nitrogens with one attached hydrogen (secondary N) is 1. The van der Waals surface area contributed by atoms with E-state index in [1.54, 1.807) is 0 Å². The van der Waals surface area contributed by atoms with Crippen LogP contribution in [-0.4, -0.2) is 27.5 Å². The molecule has 152 valence electrons. The molecule has 5 N–H and O–H groups in total. The van der Waals surface area contributed by atoms with Crippen LogP contribution >= 0.6 is 0 Å². The van der Waals surface area contributed by atoms with E-state index >= 15 is 0 Å². The second kappa shape index (κ2) is 6.98. The molecule has 1 fully saturated rings. The highest BCUT2D eigenvalue weighted by atomic mass is 16.1. The van der Waals surface area contributed by atoms with E-state index in [4.69, 9.17) is 16.5 Å². The number of H-pyrrole nitrogens is 1. The zero-order valence-electron chi connectivity index (χ0n) is 16.5. The number of guanidine groups is 2. The van der Waals surface area contributed by atoms with Crippen LogP contribution in [0.2, 0.25) is 0 Å². The van der Waals surface area contributed by atoms with Crippen LogP contribution in [0.1, 0.15) is 32.1 Å². The second-order valence-corrected chi connectivity index (χ2v) is 7.77. The minimum absolute atomic E-state index is 0.199. The minimum Gasteiger partial charge on any atom is -0.369 e. The fourth-order valence-electron chi connectivity index (χ4n) is 4.55. The Morgan fingerprint density at radius 1 is 0.967 bits per heavy atom. The van der Waals surface area contributed by atoms with Crippen molar-refractivity contribution in [3.63, 3.8) is 0 Å². The highest BCUT2D eigenvalue weighted by Gasteiger charge is 2.43. The molecular formula is C22H23N7O. The molecule has 0 bridgehead atoms. The fourth-order valence-corrected chi connectivity index (χ4v) is 4.55. The number of rotatable bonds is 2. The van der Waals surface area contributed by atoms with E-state index in [1.807, 2.05) is 53.4 Å². The summed E-state index contributed by atoms with van der Waals surface area (Å²) in [5.41, 5.74) is 14.7. The van der Waals surface area contributed by atoms with Crippen molar-refractivity contribution in [3.05, 3.63) is 58.9 Å². The minimum atomic E-state index is -0.589. The summed E-state index contributed by atoms with van der Waals surface area (Å²) < 4.78 is 0. The van der Waals surface area contributed by atoms with Crippen molar-refractivity contribution in [2.45, 2.75) is 37.8 Å². The molecule has 1 spiro atoms. The van der Waals surface area contributed by atoms with E-state index in [-0.39, 0.29) is 17.5 Å². The van der Waals surface area contributed by atoms with E-state index in [0.717, 1.165) is 43.3 Å². The first kappa shape index (κ1) is 18.4. The molecule has 30 heavy (non-hydrogen) atoms. The van der Waals surface area contributed by atoms with Crippen LogP contribution in [-0.2, 0) is 0 Å². The average Bonchev–Trinajstić information content (AvgIpc) is 2.74. The maximum atomic E-state index is 12.9. The number of benzene rings is 2. The average molecular weight is 401 g/mol. The van der Waals surface area contributed by atoms with Gasteiger partial charge in [-0.05, 0) is 43.9 Å². The van der Waals surface area contributed by atoms with Gasteiger partial charge in [0.15, 0.2) is 0 Å². The first-order chi connectivity index (χ1) is 14.6. The summed E-state index contributed by atoms with van der Waals surface area (Å²) in [7, 11) is 0. The third kappa shape index (κ3) is 2.92. The molecule has 0 unspecified atom stereocenters. The van der Waals surface area contributed by atoms with E-state index in [9.17, 15) is 4.79 Å². The number of hydrogen-bond acceptors (Lipinski definition) is 7. The van der Waals surface area contributed by atoms with Crippen LogP contribution in [0.5, 0.6) is 0 Å². The van der Waals surface area contributed by atoms with Gasteiger partial charge in [-0.25, -0.2) is 9.98 Å². The van der Waals surface area contributed by atoms with Crippen molar-refractivity contribution < 1.29 is 0 Å². The predicted octanol–water partition coefficient (Wildman–Crippen LogP) is 2.70. The summed E-state index contributed by atoms with van der Waals surface area (Å²) in [6.07, 6.45) is 4.84. The van der Waals surface area contributed by atoms with Crippen LogP contribution in [0.15, 0.2) is 63.3 Å². The lowest BCUT2D eigenvalue weighted by molar-refractivity contribution is 0.305. The molecule has 1 saturated carbocycles. The Morgan fingerprint density at radius 2 is 1.70 bits per heavy atom. The molecule has 2 heterocycles. The second-order valence-electron chi connectivity index (χ2n) is 7.77. The van der Waals surface area contributed by atoms with Crippen molar-refractivity contribution in [1.82, 2.24) is 9.97 Å². The van der Waals surface area contributed by atoms with Gasteiger partial charge >= 0.3 is 0 Å². The molecule has 2 aliphatic rings. The van der Waals surface area contributed by atoms with Crippen LogP contribution in [0.4, 0.5) is 5.69 Å². The number of anilines is 1. The van der Waals surface area contributed by atoms with Gasteiger partial charge in [0.25, 0.3) is 5.56 Å². The van der Waals surface area contributed by atoms with Gasteiger partial charge in [0.1, 0.15) is 11.4 Å². The molecule has 8 heteroatoms. The highest BCUT2D eigenvalue weighted by molar-refractivity contribution is 6.07. The van der Waals surface area contributed by atoms with Gasteiger partial charge in [0.05, 0.1) is 16.7 Å². The van der Waals surface area contributed by atoms with Gasteiger partial charge in [-0.2, -0.15) is 4.99 Å². The molecule has 0 radical (unpaired) electrons. The lowest BCUT2D eigenvalue weighted by Crippen LogP contribution is -2.58. The standard InChI is InChI=1S/C22H23N7O/c23-20-27-21(24)29(22(28-20)12-6-1-7-13-22)17-11-5-2-8-14(17)18-19(30)26-16-10-4-3-9-15(16)25-18/h2-5,8-11H,1,6-7,12-13H2,(H,26,30)(H4,23,24,27,28). The quantitative estimate of drug-likeness (QED) is 0.609. The molecule has 3 aromatic rings. The molecule has 0 atom stereocenters. The normalized spacial score (nSPS) is 18.3. The molecule has 1 aliphatic heterocycles. The van der Waals surface area contributed by atoms with Gasteiger partial charge in [-0.15, -0.1) is 0 Å². The molecule has 5 rings (SSSR count). The number of hydrogen-bond donors (Lipinski definition) is 3. The summed E-state index contributed by atoms with van der Waals surface area (Å²) in [5.74, 6) is 0.485. The number of fused-ring (bicyclic) bond motifs is 1. The number of aromatic amines is 1. The van der Waals surface area contributed by atoms with Gasteiger partial charge in [0.2, 0.25) is 11.9 Å². The Bertz CT molecular complexity index is 1240. The highest BCUT2D eigenvalue weighted by Crippen LogP contribution is 2.42. The fraction of sp³-hybridized carbons (Fsp3) is 0.273. The summed E-state index contributed by atoms with van der Waals surface area (Å²) >= 11 is 0. The van der Waals surface area contributed by atoms with Gasteiger partial charge in [0, 0.05) is 5.56 Å². The number of nitrogens with zero attached hydrogens (tertiary/aromatic N) is 4. The number of para-hydroxylation sites is 3. The molecule has 1 aromatic heterocycles. The molecular weight excluding hydrogens is 378 g/mol. The number of nitrogens with two attached hydrogens (primary N) is 2. The zero-order chi connectivity index (χ0) is 20.7. The summed E-state index contributed by atoms with van der Waals surface area (Å²) in [5, 5.41) is 0. The van der Waals surface area contributed by atoms with Crippen molar-refractivity contribution in [2.24, 2.45) is 21.5 Å². The summed E-state index contributed by atoms with van der Waals surface area (Å²) in [6, 6.07) is 15.1. The van der Waals surface area contributed by atoms with Crippen LogP contribution < -0.4 is 21.9 Å². The smallest absolute Gasteiger partial charge is 0.275 e. The van der Waals surface area contributed by atoms with Crippen molar-refractivity contribution in [3.8, 4) is 11.3 Å². The van der Waals surface area contributed by atoms with Crippen LogP contribution in [0.3, 0.4) is 0 Å². The van der Waals surface area contributed by atoms with Gasteiger partial charge < -0.3 is 16.5 Å². The molecule has 1 aliphatic carbocycles. The van der Waals surface area contributed by atoms with Gasteiger partial charge in [-0.1, -0.05) is 36.8 Å². The maximum Gasteiger partial charge on any atom is 0.275 e. The first-order valence-electron chi connectivity index (χ1n) is 10.2. The van der Waals surface area contributed by atoms with E-state index in [0.29, 0.717) is 16.8 Å². The summed E-state index contributed by atoms with van der Waals surface area (Å²) in [4.78, 5) is 31.4. The molecule has 0 saturated heterocycles. The van der Waals surface area contributed by atoms with E-state index < -0.39 is 5.66 Å². The monoisotopic (exact) mass is 401 g/mol. The first-order valence-corrected chi connectivity index (χ1v) is 10.2. The summed E-state index contributed by atoms with van der Waals surface area (Å²) in [6.45, 7) is 0. The Morgan fingerprint density at radius 3 is 2.53 bits per heavy atom. The van der Waals surface area contributed by atoms with Crippen molar-refractivity contribution >= 4 is 28.6 Å². The Balaban J connectivity index is 1.71. The molecule has 8 nitrogen and oxygen atoms in total. The third-order valence-electron chi connectivity index (χ3n) is 5.85. The maximum absolute atomic E-state index is 12.9. The van der Waals surface area contributed by atoms with Crippen molar-refractivity contribution in [2.75, 3.05) is 4.90 Å². The van der Waals surface area contributed by atoms with Crippen LogP contribution in [0, 0.1) is 0 Å². The number of aliphatic imine (C=N–C) groups is 2. The SMILES string of the molecule is NC1=NC2(CCCCC2)N(c2ccccc2-c2nc3ccccc3[nH]c2=O)C(N)=N1. The largest absolute Gasteiger partial charge is 0.369 e. The zero-order valence-corrected chi connectivity index (χ0v) is 16.5. The molecule has 2 aromatic carbocycles. The van der Waals surface area contributed by atoms with Crippen molar-refractivity contribution in [1.29, 1.82) is 0 Å². The predicted molar refractivity (Wildman–Crippen MR) is 119 cm³/mol. The third-order valence-corrected chi connectivity index (χ3v) is 5.85. The number of aromatic nitrogens is 2. The van der Waals surface area contributed by atoms with E-state index in [2.05, 4.69) is 15.0 Å². The van der Waals surface area contributed by atoms with Crippen LogP contribution in [0.25, 0.3) is 22.3 Å². The lowest BCUT2D eigenvalue weighted by atomic mass is 9.86. The topological polar surface area (TPSA) is 126 Å². The Kier molecular flexibility index (Phi) is 4.27. The van der Waals surface area contributed by atoms with E-state index in [1.165, 1.54) is 0 Å². The Labute approximate surface area is 173 Å².